The lowest BCUT2D eigenvalue weighted by molar-refractivity contribution is 0.0718. The molecule has 3 heterocycles. The molecule has 2 saturated heterocycles. The molecule has 1 amide bonds. The molecule has 1 N–H and O–H groups in total. The molecule has 0 bridgehead atoms. The molecular weight excluding hydrogens is 340 g/mol. The first-order chi connectivity index (χ1) is 13.0. The summed E-state index contributed by atoms with van der Waals surface area (Å²) in [7, 11) is 0. The molecular formula is C21H28N4O2. The van der Waals surface area contributed by atoms with Crippen molar-refractivity contribution in [1.29, 1.82) is 0 Å². The molecule has 2 fully saturated rings. The number of aliphatic hydroxyl groups is 1. The topological polar surface area (TPSA) is 61.6 Å². The van der Waals surface area contributed by atoms with Crippen LogP contribution in [0.15, 0.2) is 36.5 Å². The van der Waals surface area contributed by atoms with Gasteiger partial charge in [0.05, 0.1) is 12.3 Å². The van der Waals surface area contributed by atoms with E-state index in [1.54, 1.807) is 0 Å². The summed E-state index contributed by atoms with van der Waals surface area (Å²) in [6.07, 6.45) is 2.13. The van der Waals surface area contributed by atoms with Crippen molar-refractivity contribution >= 4 is 5.91 Å². The van der Waals surface area contributed by atoms with Crippen LogP contribution < -0.4 is 0 Å². The van der Waals surface area contributed by atoms with Gasteiger partial charge in [0.15, 0.2) is 0 Å². The molecule has 6 nitrogen and oxygen atoms in total. The van der Waals surface area contributed by atoms with Gasteiger partial charge >= 0.3 is 0 Å². The monoisotopic (exact) mass is 368 g/mol. The number of fused-ring (bicyclic) bond motifs is 1. The van der Waals surface area contributed by atoms with Crippen LogP contribution in [0.4, 0.5) is 0 Å². The highest BCUT2D eigenvalue weighted by molar-refractivity contribution is 5.94. The molecule has 0 spiro atoms. The Morgan fingerprint density at radius 1 is 1.26 bits per heavy atom. The molecule has 1 aromatic heterocycles. The Balaban J connectivity index is 1.45. The molecule has 27 heavy (non-hydrogen) atoms. The van der Waals surface area contributed by atoms with E-state index in [2.05, 4.69) is 30.0 Å². The Morgan fingerprint density at radius 2 is 2.04 bits per heavy atom. The molecule has 0 radical (unpaired) electrons. The van der Waals surface area contributed by atoms with Crippen molar-refractivity contribution in [3.05, 3.63) is 53.3 Å². The number of amides is 1. The van der Waals surface area contributed by atoms with Gasteiger partial charge in [-0.2, -0.15) is 5.10 Å². The minimum atomic E-state index is -0.209. The van der Waals surface area contributed by atoms with Crippen LogP contribution >= 0.6 is 0 Å². The van der Waals surface area contributed by atoms with E-state index in [0.717, 1.165) is 44.0 Å². The minimum absolute atomic E-state index is 0.0736. The van der Waals surface area contributed by atoms with Crippen molar-refractivity contribution in [3.8, 4) is 0 Å². The molecule has 2 atom stereocenters. The zero-order valence-electron chi connectivity index (χ0n) is 16.1. The first-order valence-electron chi connectivity index (χ1n) is 9.75. The van der Waals surface area contributed by atoms with Crippen molar-refractivity contribution in [1.82, 2.24) is 19.6 Å². The quantitative estimate of drug-likeness (QED) is 0.874. The third-order valence-electron chi connectivity index (χ3n) is 6.22. The number of carbonyl (C=O) groups excluding carboxylic acids is 1. The lowest BCUT2D eigenvalue weighted by Crippen LogP contribution is -2.38. The van der Waals surface area contributed by atoms with Crippen LogP contribution in [0.25, 0.3) is 0 Å². The summed E-state index contributed by atoms with van der Waals surface area (Å²) < 4.78 is 1.98. The largest absolute Gasteiger partial charge is 0.396 e. The van der Waals surface area contributed by atoms with E-state index in [0.29, 0.717) is 12.5 Å². The Morgan fingerprint density at radius 3 is 2.67 bits per heavy atom. The van der Waals surface area contributed by atoms with Crippen LogP contribution in [0.5, 0.6) is 0 Å². The average molecular weight is 368 g/mol. The second kappa shape index (κ2) is 7.09. The third-order valence-corrected chi connectivity index (χ3v) is 6.22. The van der Waals surface area contributed by atoms with E-state index in [-0.39, 0.29) is 17.9 Å². The van der Waals surface area contributed by atoms with E-state index < -0.39 is 0 Å². The highest BCUT2D eigenvalue weighted by Crippen LogP contribution is 2.43. The number of hydrogen-bond donors (Lipinski definition) is 1. The summed E-state index contributed by atoms with van der Waals surface area (Å²) >= 11 is 0. The van der Waals surface area contributed by atoms with Gasteiger partial charge in [0.2, 0.25) is 0 Å². The number of aryl methyl sites for hydroxylation is 2. The number of benzene rings is 1. The van der Waals surface area contributed by atoms with E-state index in [9.17, 15) is 9.90 Å². The maximum atomic E-state index is 12.8. The van der Waals surface area contributed by atoms with Crippen LogP contribution in [0, 0.1) is 18.3 Å². The molecule has 0 unspecified atom stereocenters. The second-order valence-corrected chi connectivity index (χ2v) is 8.03. The zero-order chi connectivity index (χ0) is 19.0. The maximum absolute atomic E-state index is 12.8. The molecule has 0 aliphatic carbocycles. The van der Waals surface area contributed by atoms with Crippen molar-refractivity contribution in [2.24, 2.45) is 11.3 Å². The summed E-state index contributed by atoms with van der Waals surface area (Å²) in [5, 5.41) is 14.7. The van der Waals surface area contributed by atoms with E-state index in [1.807, 2.05) is 39.9 Å². The van der Waals surface area contributed by atoms with Crippen LogP contribution in [0.2, 0.25) is 0 Å². The van der Waals surface area contributed by atoms with Gasteiger partial charge in [-0.15, -0.1) is 0 Å². The first kappa shape index (κ1) is 18.2. The molecule has 0 saturated carbocycles. The Kier molecular flexibility index (Phi) is 4.78. The number of likely N-dealkylation sites (tertiary alicyclic amines) is 2. The van der Waals surface area contributed by atoms with Gasteiger partial charge in [-0.05, 0) is 31.9 Å². The normalized spacial score (nSPS) is 25.1. The van der Waals surface area contributed by atoms with E-state index in [4.69, 9.17) is 0 Å². The van der Waals surface area contributed by atoms with E-state index in [1.165, 1.54) is 5.56 Å². The van der Waals surface area contributed by atoms with Gasteiger partial charge in [-0.1, -0.05) is 18.2 Å². The number of rotatable bonds is 5. The van der Waals surface area contributed by atoms with Gasteiger partial charge in [0.1, 0.15) is 0 Å². The van der Waals surface area contributed by atoms with Gasteiger partial charge in [-0.3, -0.25) is 14.4 Å². The highest BCUT2D eigenvalue weighted by Gasteiger charge is 2.53. The van der Waals surface area contributed by atoms with Crippen LogP contribution in [-0.2, 0) is 13.1 Å². The maximum Gasteiger partial charge on any atom is 0.253 e. The standard InChI is InChI=1S/C21H28N4O2/c1-3-25-10-18(16(2)22-25)9-23-11-19-12-24(14-21(19,13-23)15-26)20(27)17-7-5-4-6-8-17/h4-8,10,19,26H,3,9,11-15H2,1-2H3/t19-,21+/m0/s1. The number of carbonyl (C=O) groups is 1. The number of aromatic nitrogens is 2. The van der Waals surface area contributed by atoms with Crippen LogP contribution in [-0.4, -0.2) is 63.4 Å². The number of aliphatic hydroxyl groups excluding tert-OH is 1. The SMILES string of the molecule is CCn1cc(CN2C[C@H]3CN(C(=O)c4ccccc4)C[C@@]3(CO)C2)c(C)n1. The van der Waals surface area contributed by atoms with Crippen LogP contribution in [0.3, 0.4) is 0 Å². The fourth-order valence-corrected chi connectivity index (χ4v) is 4.67. The molecule has 6 heteroatoms. The summed E-state index contributed by atoms with van der Waals surface area (Å²) in [5.74, 6) is 0.390. The number of hydrogen-bond acceptors (Lipinski definition) is 4. The fraction of sp³-hybridized carbons (Fsp3) is 0.524. The minimum Gasteiger partial charge on any atom is -0.396 e. The van der Waals surface area contributed by atoms with Crippen molar-refractivity contribution < 1.29 is 9.90 Å². The average Bonchev–Trinajstić information content (AvgIpc) is 3.32. The summed E-state index contributed by atoms with van der Waals surface area (Å²) in [5.41, 5.74) is 2.85. The van der Waals surface area contributed by atoms with Gasteiger partial charge < -0.3 is 10.0 Å². The fourth-order valence-electron chi connectivity index (χ4n) is 4.67. The molecule has 1 aromatic carbocycles. The summed E-state index contributed by atoms with van der Waals surface area (Å²) in [6.45, 7) is 9.09. The smallest absolute Gasteiger partial charge is 0.253 e. The van der Waals surface area contributed by atoms with Crippen LogP contribution in [0.1, 0.15) is 28.5 Å². The van der Waals surface area contributed by atoms with Gasteiger partial charge in [0.25, 0.3) is 5.91 Å². The van der Waals surface area contributed by atoms with E-state index >= 15 is 0 Å². The predicted molar refractivity (Wildman–Crippen MR) is 103 cm³/mol. The zero-order valence-corrected chi connectivity index (χ0v) is 16.1. The Bertz CT molecular complexity index is 819. The first-order valence-corrected chi connectivity index (χ1v) is 9.75. The molecule has 2 aromatic rings. The lowest BCUT2D eigenvalue weighted by atomic mass is 9.82. The molecule has 2 aliphatic heterocycles. The molecule has 144 valence electrons. The lowest BCUT2D eigenvalue weighted by Gasteiger charge is -2.27. The van der Waals surface area contributed by atoms with Crippen molar-refractivity contribution in [2.75, 3.05) is 32.8 Å². The summed E-state index contributed by atoms with van der Waals surface area (Å²) in [6, 6.07) is 9.44. The number of nitrogens with zero attached hydrogens (tertiary/aromatic N) is 4. The summed E-state index contributed by atoms with van der Waals surface area (Å²) in [4.78, 5) is 17.1. The Labute approximate surface area is 160 Å². The third kappa shape index (κ3) is 3.28. The van der Waals surface area contributed by atoms with Crippen molar-refractivity contribution in [3.63, 3.8) is 0 Å². The van der Waals surface area contributed by atoms with Gasteiger partial charge in [0, 0.05) is 62.0 Å². The molecule has 4 rings (SSSR count). The predicted octanol–water partition coefficient (Wildman–Crippen LogP) is 1.78. The van der Waals surface area contributed by atoms with Crippen molar-refractivity contribution in [2.45, 2.75) is 26.9 Å². The van der Waals surface area contributed by atoms with Gasteiger partial charge in [-0.25, -0.2) is 0 Å². The Hall–Kier alpha value is -2.18. The highest BCUT2D eigenvalue weighted by atomic mass is 16.3. The molecule has 2 aliphatic rings. The second-order valence-electron chi connectivity index (χ2n) is 8.03.